The van der Waals surface area contributed by atoms with Gasteiger partial charge < -0.3 is 0 Å². The molecule has 1 amide bonds. The fourth-order valence-corrected chi connectivity index (χ4v) is 1.69. The third-order valence-electron chi connectivity index (χ3n) is 2.42. The van der Waals surface area contributed by atoms with Crippen LogP contribution in [0.15, 0.2) is 17.5 Å². The van der Waals surface area contributed by atoms with E-state index in [1.54, 1.807) is 15.9 Å². The highest BCUT2D eigenvalue weighted by Gasteiger charge is 2.25. The quantitative estimate of drug-likeness (QED) is 0.763. The zero-order valence-corrected chi connectivity index (χ0v) is 9.84. The first-order valence-corrected chi connectivity index (χ1v) is 5.43. The van der Waals surface area contributed by atoms with Crippen molar-refractivity contribution in [3.8, 4) is 0 Å². The Kier molecular flexibility index (Phi) is 2.77. The number of aromatic nitrogens is 2. The summed E-state index contributed by atoms with van der Waals surface area (Å²) in [6, 6.07) is 0. The Morgan fingerprint density at radius 3 is 2.81 bits per heavy atom. The van der Waals surface area contributed by atoms with Crippen LogP contribution in [0, 0.1) is 5.92 Å². The monoisotopic (exact) mass is 220 g/mol. The Bertz CT molecular complexity index is 433. The van der Waals surface area contributed by atoms with Gasteiger partial charge in [-0.1, -0.05) is 13.8 Å². The minimum atomic E-state index is 0.0764. The van der Waals surface area contributed by atoms with Crippen molar-refractivity contribution < 1.29 is 4.79 Å². The molecule has 1 aromatic heterocycles. The number of rotatable bonds is 3. The van der Waals surface area contributed by atoms with Crippen LogP contribution in [0.3, 0.4) is 0 Å². The Morgan fingerprint density at radius 1 is 1.50 bits per heavy atom. The number of hydrogen-bond acceptors (Lipinski definition) is 3. The van der Waals surface area contributed by atoms with Gasteiger partial charge in [0.25, 0.3) is 0 Å². The van der Waals surface area contributed by atoms with E-state index >= 15 is 0 Å². The summed E-state index contributed by atoms with van der Waals surface area (Å²) >= 11 is 0. The molecule has 5 nitrogen and oxygen atoms in total. The summed E-state index contributed by atoms with van der Waals surface area (Å²) in [5.74, 6) is 0.508. The van der Waals surface area contributed by atoms with Crippen LogP contribution in [-0.4, -0.2) is 33.0 Å². The molecule has 0 aliphatic carbocycles. The first-order chi connectivity index (χ1) is 7.56. The molecule has 0 radical (unpaired) electrons. The summed E-state index contributed by atoms with van der Waals surface area (Å²) < 4.78 is 1.72. The molecule has 16 heavy (non-hydrogen) atoms. The number of hydrazone groups is 1. The number of amides is 1. The number of aryl methyl sites for hydroxylation is 1. The molecule has 0 saturated carbocycles. The van der Waals surface area contributed by atoms with Crippen LogP contribution in [0.2, 0.25) is 0 Å². The van der Waals surface area contributed by atoms with E-state index in [2.05, 4.69) is 24.0 Å². The molecule has 0 unspecified atom stereocenters. The minimum Gasteiger partial charge on any atom is -0.275 e. The maximum Gasteiger partial charge on any atom is 0.248 e. The first kappa shape index (κ1) is 10.9. The average Bonchev–Trinajstić information content (AvgIpc) is 2.74. The normalized spacial score (nSPS) is 16.1. The summed E-state index contributed by atoms with van der Waals surface area (Å²) in [6.45, 7) is 4.83. The summed E-state index contributed by atoms with van der Waals surface area (Å²) in [7, 11) is 1.85. The van der Waals surface area contributed by atoms with Crippen molar-refractivity contribution in [2.75, 3.05) is 6.54 Å². The molecule has 0 spiro atoms. The van der Waals surface area contributed by atoms with Crippen LogP contribution in [0.1, 0.15) is 25.8 Å². The van der Waals surface area contributed by atoms with Crippen LogP contribution >= 0.6 is 0 Å². The second-order valence-corrected chi connectivity index (χ2v) is 4.50. The van der Waals surface area contributed by atoms with Crippen LogP contribution in [0.25, 0.3) is 0 Å². The third kappa shape index (κ3) is 2.13. The number of nitrogens with zero attached hydrogens (tertiary/aromatic N) is 4. The van der Waals surface area contributed by atoms with Crippen LogP contribution < -0.4 is 0 Å². The molecule has 1 aromatic rings. The third-order valence-corrected chi connectivity index (χ3v) is 2.42. The van der Waals surface area contributed by atoms with Crippen LogP contribution in [0.5, 0.6) is 0 Å². The summed E-state index contributed by atoms with van der Waals surface area (Å²) in [4.78, 5) is 11.7. The zero-order chi connectivity index (χ0) is 11.7. The SMILES string of the molecule is CC(C)CN1N=C(c2cnn(C)c2)CC1=O. The molecule has 0 saturated heterocycles. The van der Waals surface area contributed by atoms with Gasteiger partial charge in [0.15, 0.2) is 0 Å². The highest BCUT2D eigenvalue weighted by molar-refractivity contribution is 6.13. The average molecular weight is 220 g/mol. The van der Waals surface area contributed by atoms with Crippen molar-refractivity contribution in [3.63, 3.8) is 0 Å². The molecule has 1 aliphatic rings. The predicted octanol–water partition coefficient (Wildman–Crippen LogP) is 1.01. The lowest BCUT2D eigenvalue weighted by Crippen LogP contribution is -2.24. The molecule has 0 N–H and O–H groups in total. The van der Waals surface area contributed by atoms with E-state index < -0.39 is 0 Å². The van der Waals surface area contributed by atoms with E-state index in [1.807, 2.05) is 13.2 Å². The fraction of sp³-hybridized carbons (Fsp3) is 0.545. The minimum absolute atomic E-state index is 0.0764. The van der Waals surface area contributed by atoms with Crippen molar-refractivity contribution >= 4 is 11.6 Å². The molecule has 2 heterocycles. The Labute approximate surface area is 94.7 Å². The van der Waals surface area contributed by atoms with E-state index in [0.29, 0.717) is 18.9 Å². The van der Waals surface area contributed by atoms with Gasteiger partial charge in [0.1, 0.15) is 0 Å². The van der Waals surface area contributed by atoms with Gasteiger partial charge in [0.05, 0.1) is 18.3 Å². The molecule has 2 rings (SSSR count). The van der Waals surface area contributed by atoms with Crippen molar-refractivity contribution in [2.24, 2.45) is 18.1 Å². The van der Waals surface area contributed by atoms with Crippen LogP contribution in [-0.2, 0) is 11.8 Å². The van der Waals surface area contributed by atoms with Gasteiger partial charge >= 0.3 is 0 Å². The van der Waals surface area contributed by atoms with Crippen molar-refractivity contribution in [2.45, 2.75) is 20.3 Å². The molecule has 0 fully saturated rings. The van der Waals surface area contributed by atoms with Crippen molar-refractivity contribution in [1.82, 2.24) is 14.8 Å². The number of carbonyl (C=O) groups is 1. The van der Waals surface area contributed by atoms with Gasteiger partial charge in [0, 0.05) is 25.4 Å². The smallest absolute Gasteiger partial charge is 0.248 e. The van der Waals surface area contributed by atoms with Crippen LogP contribution in [0.4, 0.5) is 0 Å². The highest BCUT2D eigenvalue weighted by Crippen LogP contribution is 2.15. The molecule has 0 atom stereocenters. The van der Waals surface area contributed by atoms with Crippen molar-refractivity contribution in [3.05, 3.63) is 18.0 Å². The van der Waals surface area contributed by atoms with Gasteiger partial charge in [-0.2, -0.15) is 10.2 Å². The van der Waals surface area contributed by atoms with E-state index in [-0.39, 0.29) is 5.91 Å². The summed E-state index contributed by atoms with van der Waals surface area (Å²) in [5, 5.41) is 9.98. The predicted molar refractivity (Wildman–Crippen MR) is 60.9 cm³/mol. The molecule has 0 bridgehead atoms. The molecule has 0 aromatic carbocycles. The molecule has 5 heteroatoms. The largest absolute Gasteiger partial charge is 0.275 e. The Balaban J connectivity index is 2.16. The van der Waals surface area contributed by atoms with E-state index in [0.717, 1.165) is 11.3 Å². The second-order valence-electron chi connectivity index (χ2n) is 4.50. The van der Waals surface area contributed by atoms with Gasteiger partial charge in [0.2, 0.25) is 5.91 Å². The van der Waals surface area contributed by atoms with Crippen molar-refractivity contribution in [1.29, 1.82) is 0 Å². The summed E-state index contributed by atoms with van der Waals surface area (Å²) in [6.07, 6.45) is 4.01. The lowest BCUT2D eigenvalue weighted by Gasteiger charge is -2.13. The molecule has 86 valence electrons. The fourth-order valence-electron chi connectivity index (χ4n) is 1.69. The van der Waals surface area contributed by atoms with Gasteiger partial charge in [-0.15, -0.1) is 0 Å². The standard InChI is InChI=1S/C11H16N4O/c1-8(2)6-15-11(16)4-10(13-15)9-5-12-14(3)7-9/h5,7-8H,4,6H2,1-3H3. The van der Waals surface area contributed by atoms with E-state index in [1.165, 1.54) is 0 Å². The Hall–Kier alpha value is -1.65. The first-order valence-electron chi connectivity index (χ1n) is 5.43. The lowest BCUT2D eigenvalue weighted by atomic mass is 10.1. The second kappa shape index (κ2) is 4.08. The molecular formula is C11H16N4O. The maximum absolute atomic E-state index is 11.7. The zero-order valence-electron chi connectivity index (χ0n) is 9.84. The van der Waals surface area contributed by atoms with Gasteiger partial charge in [-0.05, 0) is 5.92 Å². The van der Waals surface area contributed by atoms with Gasteiger partial charge in [-0.3, -0.25) is 9.48 Å². The van der Waals surface area contributed by atoms with E-state index in [9.17, 15) is 4.79 Å². The van der Waals surface area contributed by atoms with E-state index in [4.69, 9.17) is 0 Å². The maximum atomic E-state index is 11.7. The number of carbonyl (C=O) groups excluding carboxylic acids is 1. The molecule has 1 aliphatic heterocycles. The van der Waals surface area contributed by atoms with Gasteiger partial charge in [-0.25, -0.2) is 5.01 Å². The topological polar surface area (TPSA) is 50.5 Å². The number of hydrogen-bond donors (Lipinski definition) is 0. The lowest BCUT2D eigenvalue weighted by molar-refractivity contribution is -0.129. The summed E-state index contributed by atoms with van der Waals surface area (Å²) in [5.41, 5.74) is 1.75. The Morgan fingerprint density at radius 2 is 2.25 bits per heavy atom. The highest BCUT2D eigenvalue weighted by atomic mass is 16.2. The molecular weight excluding hydrogens is 204 g/mol.